The Hall–Kier alpha value is -3.90. The minimum absolute atomic E-state index is 0.0234. The number of benzene rings is 2. The molecule has 0 bridgehead atoms. The monoisotopic (exact) mass is 418 g/mol. The van der Waals surface area contributed by atoms with Gasteiger partial charge in [-0.05, 0) is 24.3 Å². The number of hydrogen-bond acceptors (Lipinski definition) is 10. The van der Waals surface area contributed by atoms with Crippen molar-refractivity contribution in [1.29, 1.82) is 0 Å². The van der Waals surface area contributed by atoms with Crippen molar-refractivity contribution in [3.05, 3.63) is 79.9 Å². The Labute approximate surface area is 168 Å². The predicted molar refractivity (Wildman–Crippen MR) is 96.5 cm³/mol. The van der Waals surface area contributed by atoms with Crippen molar-refractivity contribution in [1.82, 2.24) is 0 Å². The second kappa shape index (κ2) is 9.07. The number of nitro benzene ring substituents is 2. The maximum atomic E-state index is 12.3. The minimum atomic E-state index is -1.37. The molecule has 0 radical (unpaired) electrons. The molecule has 1 saturated heterocycles. The van der Waals surface area contributed by atoms with Crippen LogP contribution in [0.5, 0.6) is 0 Å². The minimum Gasteiger partial charge on any atom is -0.425 e. The second-order valence-corrected chi connectivity index (χ2v) is 5.90. The van der Waals surface area contributed by atoms with E-state index in [1.54, 1.807) is 0 Å². The van der Waals surface area contributed by atoms with E-state index in [0.29, 0.717) is 0 Å². The van der Waals surface area contributed by atoms with Gasteiger partial charge < -0.3 is 18.9 Å². The van der Waals surface area contributed by atoms with E-state index in [9.17, 15) is 29.8 Å². The first kappa shape index (κ1) is 20.8. The van der Waals surface area contributed by atoms with Crippen molar-refractivity contribution in [2.75, 3.05) is 13.2 Å². The maximum absolute atomic E-state index is 12.3. The van der Waals surface area contributed by atoms with Gasteiger partial charge in [-0.3, -0.25) is 20.2 Å². The van der Waals surface area contributed by atoms with E-state index in [1.807, 2.05) is 0 Å². The third-order valence-corrected chi connectivity index (χ3v) is 3.94. The number of rotatable bonds is 6. The summed E-state index contributed by atoms with van der Waals surface area (Å²) < 4.78 is 20.9. The molecule has 0 spiro atoms. The molecule has 30 heavy (non-hydrogen) atoms. The van der Waals surface area contributed by atoms with E-state index < -0.39 is 34.4 Å². The highest BCUT2D eigenvalue weighted by Crippen LogP contribution is 2.19. The summed E-state index contributed by atoms with van der Waals surface area (Å²) in [4.78, 5) is 44.7. The van der Waals surface area contributed by atoms with E-state index in [1.165, 1.54) is 24.3 Å². The molecule has 3 rings (SSSR count). The average molecular weight is 418 g/mol. The first-order chi connectivity index (χ1) is 14.3. The van der Waals surface area contributed by atoms with Gasteiger partial charge in [-0.15, -0.1) is 0 Å². The number of carbonyl (C=O) groups is 2. The van der Waals surface area contributed by atoms with Crippen LogP contribution in [-0.4, -0.2) is 47.6 Å². The summed E-state index contributed by atoms with van der Waals surface area (Å²) in [6, 6.07) is 9.40. The molecule has 0 aromatic heterocycles. The van der Waals surface area contributed by atoms with Gasteiger partial charge in [-0.2, -0.15) is 0 Å². The standard InChI is InChI=1S/C18H14N2O10/c21-15(11-1-5-13(6-2-11)19(23)24)29-17-18(28-10-9-27-17)30-16(22)12-3-7-14(8-4-12)20(25)26/h1-8,17-18H,9-10H2/t17-,18-/m0/s1. The fraction of sp³-hybridized carbons (Fsp3) is 0.222. The van der Waals surface area contributed by atoms with Crippen LogP contribution in [-0.2, 0) is 18.9 Å². The molecular weight excluding hydrogens is 404 g/mol. The van der Waals surface area contributed by atoms with Crippen LogP contribution in [0.15, 0.2) is 48.5 Å². The van der Waals surface area contributed by atoms with E-state index in [0.717, 1.165) is 24.3 Å². The quantitative estimate of drug-likeness (QED) is 0.387. The van der Waals surface area contributed by atoms with Crippen LogP contribution in [0.3, 0.4) is 0 Å². The van der Waals surface area contributed by atoms with Crippen LogP contribution in [0.4, 0.5) is 11.4 Å². The smallest absolute Gasteiger partial charge is 0.340 e. The summed E-state index contributed by atoms with van der Waals surface area (Å²) in [7, 11) is 0. The molecule has 156 valence electrons. The Kier molecular flexibility index (Phi) is 6.29. The van der Waals surface area contributed by atoms with Crippen molar-refractivity contribution in [3.63, 3.8) is 0 Å². The molecule has 1 fully saturated rings. The molecule has 0 aliphatic carbocycles. The number of non-ortho nitro benzene ring substituents is 2. The van der Waals surface area contributed by atoms with Crippen LogP contribution in [0, 0.1) is 20.2 Å². The Morgan fingerprint density at radius 3 is 1.37 bits per heavy atom. The summed E-state index contributed by atoms with van der Waals surface area (Å²) in [5.41, 5.74) is -0.345. The van der Waals surface area contributed by atoms with Crippen LogP contribution in [0.25, 0.3) is 0 Å². The highest BCUT2D eigenvalue weighted by Gasteiger charge is 2.34. The van der Waals surface area contributed by atoms with Crippen molar-refractivity contribution < 1.29 is 38.4 Å². The van der Waals surface area contributed by atoms with E-state index >= 15 is 0 Å². The van der Waals surface area contributed by atoms with Gasteiger partial charge in [-0.25, -0.2) is 9.59 Å². The largest absolute Gasteiger partial charge is 0.425 e. The number of nitro groups is 2. The first-order valence-electron chi connectivity index (χ1n) is 8.49. The fourth-order valence-electron chi connectivity index (χ4n) is 2.45. The van der Waals surface area contributed by atoms with E-state index in [2.05, 4.69) is 0 Å². The van der Waals surface area contributed by atoms with E-state index in [-0.39, 0.29) is 35.7 Å². The highest BCUT2D eigenvalue weighted by atomic mass is 16.8. The van der Waals surface area contributed by atoms with Gasteiger partial charge in [0.05, 0.1) is 34.2 Å². The Morgan fingerprint density at radius 2 is 1.07 bits per heavy atom. The van der Waals surface area contributed by atoms with Gasteiger partial charge in [-0.1, -0.05) is 0 Å². The maximum Gasteiger partial charge on any atom is 0.340 e. The number of ether oxygens (including phenoxy) is 4. The van der Waals surface area contributed by atoms with E-state index in [4.69, 9.17) is 18.9 Å². The average Bonchev–Trinajstić information content (AvgIpc) is 2.75. The lowest BCUT2D eigenvalue weighted by Gasteiger charge is -2.30. The molecule has 1 aliphatic heterocycles. The van der Waals surface area contributed by atoms with Crippen LogP contribution >= 0.6 is 0 Å². The molecular formula is C18H14N2O10. The molecule has 0 N–H and O–H groups in total. The molecule has 2 aromatic rings. The van der Waals surface area contributed by atoms with Crippen molar-refractivity contribution in [3.8, 4) is 0 Å². The molecule has 12 nitrogen and oxygen atoms in total. The summed E-state index contributed by atoms with van der Waals surface area (Å²) in [6.07, 6.45) is -2.74. The normalized spacial score (nSPS) is 18.3. The lowest BCUT2D eigenvalue weighted by Crippen LogP contribution is -2.44. The molecule has 1 aliphatic rings. The number of hydrogen-bond donors (Lipinski definition) is 0. The van der Waals surface area contributed by atoms with Gasteiger partial charge in [0.1, 0.15) is 0 Å². The molecule has 2 aromatic carbocycles. The zero-order chi connectivity index (χ0) is 21.7. The predicted octanol–water partition coefficient (Wildman–Crippen LogP) is 2.22. The number of carbonyl (C=O) groups excluding carboxylic acids is 2. The second-order valence-electron chi connectivity index (χ2n) is 5.90. The summed E-state index contributed by atoms with van der Waals surface area (Å²) >= 11 is 0. The Bertz CT molecular complexity index is 878. The van der Waals surface area contributed by atoms with Crippen molar-refractivity contribution in [2.24, 2.45) is 0 Å². The van der Waals surface area contributed by atoms with Crippen LogP contribution < -0.4 is 0 Å². The van der Waals surface area contributed by atoms with Gasteiger partial charge in [0, 0.05) is 24.3 Å². The van der Waals surface area contributed by atoms with Gasteiger partial charge in [0.2, 0.25) is 0 Å². The van der Waals surface area contributed by atoms with Crippen molar-refractivity contribution >= 4 is 23.3 Å². The molecule has 2 atom stereocenters. The fourth-order valence-corrected chi connectivity index (χ4v) is 2.45. The molecule has 0 unspecified atom stereocenters. The topological polar surface area (TPSA) is 157 Å². The number of esters is 2. The lowest BCUT2D eigenvalue weighted by molar-refractivity contribution is -0.385. The zero-order valence-corrected chi connectivity index (χ0v) is 15.2. The van der Waals surface area contributed by atoms with Gasteiger partial charge in [0.25, 0.3) is 24.0 Å². The third-order valence-electron chi connectivity index (χ3n) is 3.94. The summed E-state index contributed by atoms with van der Waals surface area (Å²) in [5, 5.41) is 21.4. The Balaban J connectivity index is 1.65. The lowest BCUT2D eigenvalue weighted by atomic mass is 10.2. The van der Waals surface area contributed by atoms with Crippen LogP contribution in [0.1, 0.15) is 20.7 Å². The van der Waals surface area contributed by atoms with Gasteiger partial charge >= 0.3 is 11.9 Å². The zero-order valence-electron chi connectivity index (χ0n) is 15.2. The number of nitrogens with zero attached hydrogens (tertiary/aromatic N) is 2. The molecule has 1 heterocycles. The third kappa shape index (κ3) is 4.92. The molecule has 0 saturated carbocycles. The SMILES string of the molecule is O=C(O[C@@H]1OCCO[C@H]1OC(=O)c1ccc([N+](=O)[O-])cc1)c1ccc([N+](=O)[O-])cc1. The summed E-state index contributed by atoms with van der Waals surface area (Å²) in [5.74, 6) is -1.73. The molecule has 0 amide bonds. The molecule has 12 heteroatoms. The summed E-state index contributed by atoms with van der Waals surface area (Å²) in [6.45, 7) is 0.146. The van der Waals surface area contributed by atoms with Crippen molar-refractivity contribution in [2.45, 2.75) is 12.6 Å². The Morgan fingerprint density at radius 1 is 0.733 bits per heavy atom. The first-order valence-corrected chi connectivity index (χ1v) is 8.49. The highest BCUT2D eigenvalue weighted by molar-refractivity contribution is 5.90. The van der Waals surface area contributed by atoms with Crippen LogP contribution in [0.2, 0.25) is 0 Å². The van der Waals surface area contributed by atoms with Gasteiger partial charge in [0.15, 0.2) is 0 Å².